The van der Waals surface area contributed by atoms with Crippen molar-refractivity contribution in [2.75, 3.05) is 5.75 Å². The highest BCUT2D eigenvalue weighted by Gasteiger charge is 2.30. The second-order valence-electron chi connectivity index (χ2n) is 3.46. The molecule has 0 aliphatic carbocycles. The van der Waals surface area contributed by atoms with Crippen LogP contribution in [0.5, 0.6) is 0 Å². The average molecular weight is 249 g/mol. The zero-order valence-corrected chi connectivity index (χ0v) is 10.6. The van der Waals surface area contributed by atoms with Gasteiger partial charge in [0, 0.05) is 28.8 Å². The number of hydrogen-bond acceptors (Lipinski definition) is 4. The summed E-state index contributed by atoms with van der Waals surface area (Å²) in [5.74, 6) is 0.851. The van der Waals surface area contributed by atoms with Crippen molar-refractivity contribution in [2.24, 2.45) is 0 Å². The van der Waals surface area contributed by atoms with Gasteiger partial charge in [-0.25, -0.2) is 0 Å². The molecule has 1 heterocycles. The summed E-state index contributed by atoms with van der Waals surface area (Å²) in [6.07, 6.45) is 4.31. The van der Waals surface area contributed by atoms with Gasteiger partial charge in [-0.2, -0.15) is 0 Å². The molecule has 0 aromatic heterocycles. The SMILES string of the molecule is C[CH]OC(=O)CCCC[C@H]1CCS[S+]1[O-]. The molecule has 1 rings (SSSR count). The number of rotatable bonds is 6. The summed E-state index contributed by atoms with van der Waals surface area (Å²) in [6, 6.07) is 0. The van der Waals surface area contributed by atoms with Crippen LogP contribution in [-0.4, -0.2) is 21.5 Å². The zero-order chi connectivity index (χ0) is 11.1. The second-order valence-corrected chi connectivity index (χ2v) is 6.99. The van der Waals surface area contributed by atoms with E-state index >= 15 is 0 Å². The first kappa shape index (κ1) is 13.2. The molecule has 2 atom stereocenters. The lowest BCUT2D eigenvalue weighted by Crippen LogP contribution is -2.12. The maximum Gasteiger partial charge on any atom is 0.306 e. The smallest absolute Gasteiger partial charge is 0.306 e. The van der Waals surface area contributed by atoms with Crippen molar-refractivity contribution in [1.82, 2.24) is 0 Å². The largest absolute Gasteiger partial charge is 0.605 e. The quantitative estimate of drug-likeness (QED) is 0.314. The molecule has 1 aliphatic rings. The van der Waals surface area contributed by atoms with Gasteiger partial charge in [0.05, 0.1) is 10.8 Å². The van der Waals surface area contributed by atoms with Crippen LogP contribution in [0.1, 0.15) is 39.0 Å². The van der Waals surface area contributed by atoms with Crippen molar-refractivity contribution in [3.8, 4) is 0 Å². The van der Waals surface area contributed by atoms with Crippen molar-refractivity contribution in [1.29, 1.82) is 0 Å². The van der Waals surface area contributed by atoms with Crippen LogP contribution < -0.4 is 0 Å². The predicted octanol–water partition coefficient (Wildman–Crippen LogP) is 2.44. The molecular formula is C10H17O3S2. The number of ether oxygens (including phenoxy) is 1. The van der Waals surface area contributed by atoms with Crippen LogP contribution in [0.25, 0.3) is 0 Å². The Morgan fingerprint density at radius 3 is 3.07 bits per heavy atom. The molecule has 15 heavy (non-hydrogen) atoms. The first-order valence-electron chi connectivity index (χ1n) is 5.25. The first-order valence-corrected chi connectivity index (χ1v) is 7.96. The molecule has 0 spiro atoms. The number of carbonyl (C=O) groups excluding carboxylic acids is 1. The standard InChI is InChI=1S/C10H17O3S2/c1-2-13-10(11)6-4-3-5-9-7-8-14-15(9)12/h2,9H,3-8H2,1H3/t9-,15?/m0/s1. The van der Waals surface area contributed by atoms with Crippen molar-refractivity contribution in [3.05, 3.63) is 6.61 Å². The molecule has 1 radical (unpaired) electrons. The van der Waals surface area contributed by atoms with E-state index in [1.54, 1.807) is 17.7 Å². The Morgan fingerprint density at radius 1 is 1.67 bits per heavy atom. The fourth-order valence-corrected chi connectivity index (χ4v) is 5.02. The van der Waals surface area contributed by atoms with E-state index in [-0.39, 0.29) is 5.97 Å². The third-order valence-corrected chi connectivity index (χ3v) is 5.98. The van der Waals surface area contributed by atoms with E-state index in [1.165, 1.54) is 6.61 Å². The number of hydrogen-bond donors (Lipinski definition) is 0. The molecule has 3 nitrogen and oxygen atoms in total. The third kappa shape index (κ3) is 5.13. The van der Waals surface area contributed by atoms with Crippen LogP contribution in [0.15, 0.2) is 0 Å². The zero-order valence-electron chi connectivity index (χ0n) is 8.94. The summed E-state index contributed by atoms with van der Waals surface area (Å²) in [5.41, 5.74) is 0. The molecule has 0 aromatic carbocycles. The molecule has 1 aliphatic heterocycles. The fraction of sp³-hybridized carbons (Fsp3) is 0.800. The monoisotopic (exact) mass is 249 g/mol. The molecule has 0 amide bonds. The Hall–Kier alpha value is 0.130. The van der Waals surface area contributed by atoms with E-state index < -0.39 is 10.2 Å². The van der Waals surface area contributed by atoms with Gasteiger partial charge < -0.3 is 9.29 Å². The lowest BCUT2D eigenvalue weighted by molar-refractivity contribution is -0.140. The summed E-state index contributed by atoms with van der Waals surface area (Å²) in [6.45, 7) is 3.10. The van der Waals surface area contributed by atoms with Crippen molar-refractivity contribution >= 4 is 27.0 Å². The van der Waals surface area contributed by atoms with E-state index in [4.69, 9.17) is 4.74 Å². The van der Waals surface area contributed by atoms with Gasteiger partial charge in [0.1, 0.15) is 11.9 Å². The highest BCUT2D eigenvalue weighted by Crippen LogP contribution is 2.33. The lowest BCUT2D eigenvalue weighted by Gasteiger charge is -2.10. The van der Waals surface area contributed by atoms with E-state index in [0.717, 1.165) is 31.4 Å². The Kier molecular flexibility index (Phi) is 6.52. The molecule has 0 N–H and O–H groups in total. The van der Waals surface area contributed by atoms with E-state index in [2.05, 4.69) is 0 Å². The molecule has 1 unspecified atom stereocenters. The van der Waals surface area contributed by atoms with Crippen LogP contribution in [0.3, 0.4) is 0 Å². The van der Waals surface area contributed by atoms with E-state index in [1.807, 2.05) is 0 Å². The predicted molar refractivity (Wildman–Crippen MR) is 63.5 cm³/mol. The Bertz CT molecular complexity index is 199. The van der Waals surface area contributed by atoms with Crippen LogP contribution in [0.2, 0.25) is 0 Å². The van der Waals surface area contributed by atoms with E-state index in [0.29, 0.717) is 11.7 Å². The fourth-order valence-electron chi connectivity index (χ4n) is 1.53. The van der Waals surface area contributed by atoms with Crippen molar-refractivity contribution < 1.29 is 14.1 Å². The molecule has 0 bridgehead atoms. The minimum Gasteiger partial charge on any atom is -0.605 e. The van der Waals surface area contributed by atoms with Crippen LogP contribution in [0.4, 0.5) is 0 Å². The molecule has 1 saturated heterocycles. The van der Waals surface area contributed by atoms with E-state index in [9.17, 15) is 9.35 Å². The molecular weight excluding hydrogens is 232 g/mol. The summed E-state index contributed by atoms with van der Waals surface area (Å²) >= 11 is 0. The Balaban J connectivity index is 1.99. The molecule has 0 aromatic rings. The summed E-state index contributed by atoms with van der Waals surface area (Å²) in [4.78, 5) is 11.0. The van der Waals surface area contributed by atoms with Crippen molar-refractivity contribution in [2.45, 2.75) is 44.3 Å². The normalized spacial score (nSPS) is 25.5. The summed E-state index contributed by atoms with van der Waals surface area (Å²) in [7, 11) is 0.870. The van der Waals surface area contributed by atoms with Gasteiger partial charge in [-0.1, -0.05) is 0 Å². The first-order chi connectivity index (χ1) is 7.24. The Morgan fingerprint density at radius 2 is 2.47 bits per heavy atom. The van der Waals surface area contributed by atoms with Gasteiger partial charge in [-0.15, -0.1) is 0 Å². The third-order valence-electron chi connectivity index (χ3n) is 2.32. The van der Waals surface area contributed by atoms with Gasteiger partial charge in [0.25, 0.3) is 0 Å². The highest BCUT2D eigenvalue weighted by atomic mass is 33.1. The van der Waals surface area contributed by atoms with Crippen LogP contribution >= 0.6 is 10.8 Å². The minimum absolute atomic E-state index is 0.167. The number of carbonyl (C=O) groups is 1. The minimum atomic E-state index is -0.684. The van der Waals surface area contributed by atoms with Crippen molar-refractivity contribution in [3.63, 3.8) is 0 Å². The number of unbranched alkanes of at least 4 members (excludes halogenated alkanes) is 1. The van der Waals surface area contributed by atoms with Gasteiger partial charge >= 0.3 is 5.97 Å². The molecule has 5 heteroatoms. The molecule has 87 valence electrons. The highest BCUT2D eigenvalue weighted by molar-refractivity contribution is 8.72. The average Bonchev–Trinajstić information content (AvgIpc) is 2.60. The molecule has 1 fully saturated rings. The summed E-state index contributed by atoms with van der Waals surface area (Å²) < 4.78 is 16.1. The van der Waals surface area contributed by atoms with Gasteiger partial charge in [0.2, 0.25) is 0 Å². The summed E-state index contributed by atoms with van der Waals surface area (Å²) in [5, 5.41) is 0.351. The van der Waals surface area contributed by atoms with Gasteiger partial charge in [-0.05, 0) is 26.2 Å². The molecule has 0 saturated carbocycles. The topological polar surface area (TPSA) is 49.4 Å². The van der Waals surface area contributed by atoms with Gasteiger partial charge in [0.15, 0.2) is 0 Å². The maximum atomic E-state index is 11.4. The van der Waals surface area contributed by atoms with Crippen LogP contribution in [-0.2, 0) is 19.7 Å². The lowest BCUT2D eigenvalue weighted by atomic mass is 10.1. The van der Waals surface area contributed by atoms with Gasteiger partial charge in [-0.3, -0.25) is 4.79 Å². The number of esters is 1. The van der Waals surface area contributed by atoms with Crippen LogP contribution in [0, 0.1) is 6.61 Å². The second kappa shape index (κ2) is 7.41. The Labute approximate surface area is 97.9 Å². The maximum absolute atomic E-state index is 11.4.